The van der Waals surface area contributed by atoms with Crippen molar-refractivity contribution in [3.05, 3.63) is 12.2 Å². The van der Waals surface area contributed by atoms with Gasteiger partial charge in [-0.2, -0.15) is 176 Å². The average Bonchev–Trinajstić information content (AvgIpc) is 3.01. The minimum Gasteiger partial charge on any atom is -0.195 e. The Labute approximate surface area is 302 Å². The van der Waals surface area contributed by atoms with Gasteiger partial charge in [-0.3, -0.25) is 0 Å². The molecule has 0 aliphatic carbocycles. The Balaban J connectivity index is 7.57. The van der Waals surface area contributed by atoms with Crippen LogP contribution in [0.2, 0.25) is 0 Å². The fraction of sp³-hybridized carbons (Fsp3) is 0.905. The van der Waals surface area contributed by atoms with Gasteiger partial charge in [0.05, 0.1) is 0 Å². The molecule has 0 rings (SSSR count). The maximum absolute atomic E-state index is 13.9. The molecule has 0 N–H and O–H groups in total. The van der Waals surface area contributed by atoms with Crippen LogP contribution in [0.5, 0.6) is 0 Å². The van der Waals surface area contributed by atoms with Crippen LogP contribution in [-0.2, 0) is 0 Å². The molecule has 0 aromatic carbocycles. The van der Waals surface area contributed by atoms with Crippen molar-refractivity contribution in [2.45, 2.75) is 113 Å². The number of halogens is 40. The first-order chi connectivity index (χ1) is 25.5. The summed E-state index contributed by atoms with van der Waals surface area (Å²) in [5.41, 5.74) is 0. The molecule has 0 amide bonds. The third-order valence-electron chi connectivity index (χ3n) is 7.18. The Morgan fingerprint density at radius 3 is 0.344 bits per heavy atom. The van der Waals surface area contributed by atoms with Crippen molar-refractivity contribution in [2.75, 3.05) is 0 Å². The topological polar surface area (TPSA) is 0 Å². The van der Waals surface area contributed by atoms with Gasteiger partial charge in [0, 0.05) is 0 Å². The highest BCUT2D eigenvalue weighted by atomic mass is 19.5. The lowest BCUT2D eigenvalue weighted by Gasteiger charge is -2.45. The highest BCUT2D eigenvalue weighted by Crippen LogP contribution is 2.68. The molecule has 366 valence electrons. The van der Waals surface area contributed by atoms with Crippen LogP contribution < -0.4 is 0 Å². The highest BCUT2D eigenvalue weighted by molar-refractivity contribution is 5.23. The molecule has 0 bridgehead atoms. The van der Waals surface area contributed by atoms with Crippen LogP contribution >= 0.6 is 0 Å². The van der Waals surface area contributed by atoms with Gasteiger partial charge >= 0.3 is 113 Å². The molecule has 0 spiro atoms. The highest BCUT2D eigenvalue weighted by Gasteiger charge is 2.99. The van der Waals surface area contributed by atoms with E-state index in [9.17, 15) is 176 Å². The van der Waals surface area contributed by atoms with Crippen LogP contribution in [0, 0.1) is 0 Å². The van der Waals surface area contributed by atoms with E-state index in [0.717, 1.165) is 0 Å². The first-order valence-electron chi connectivity index (χ1n) is 12.7. The minimum absolute atomic E-state index is 3.62. The van der Waals surface area contributed by atoms with Crippen LogP contribution in [-0.4, -0.2) is 113 Å². The zero-order chi connectivity index (χ0) is 50.9. The zero-order valence-corrected chi connectivity index (χ0v) is 25.8. The zero-order valence-electron chi connectivity index (χ0n) is 25.8. The molecule has 0 unspecified atom stereocenters. The summed E-state index contributed by atoms with van der Waals surface area (Å²) in [6.07, 6.45) is -24.0. The van der Waals surface area contributed by atoms with Gasteiger partial charge in [-0.1, -0.05) is 0 Å². The molecule has 0 radical (unpaired) electrons. The van der Waals surface area contributed by atoms with Crippen molar-refractivity contribution in [1.29, 1.82) is 0 Å². The Hall–Kier alpha value is -3.06. The van der Waals surface area contributed by atoms with Crippen LogP contribution in [0.1, 0.15) is 0 Å². The lowest BCUT2D eigenvalue weighted by molar-refractivity contribution is -0.477. The maximum Gasteiger partial charge on any atom is 0.460 e. The Kier molecular flexibility index (Phi) is 13.3. The fourth-order valence-electron chi connectivity index (χ4n) is 3.36. The van der Waals surface area contributed by atoms with E-state index >= 15 is 0 Å². The number of hydrogen-bond donors (Lipinski definition) is 0. The summed E-state index contributed by atoms with van der Waals surface area (Å²) in [5, 5.41) is 0. The summed E-state index contributed by atoms with van der Waals surface area (Å²) in [4.78, 5) is 0. The van der Waals surface area contributed by atoms with Crippen LogP contribution in [0.3, 0.4) is 0 Å². The molecule has 0 aliphatic heterocycles. The summed E-state index contributed by atoms with van der Waals surface area (Å²) >= 11 is 0. The standard InChI is InChI=1S/C21H2F40/c22-3(23,1-2-4(24,25)6(28,29)8(32,33)10(36,37)14(44,45)16(48,49)18(52,53)20(56,57)58)5(26,27)7(30,31)9(34,35)11(38,39)12(40,41)13(42,43)15(46,47)17(50,51)19(54,55)21(59,60)61/h1-2H. The summed E-state index contributed by atoms with van der Waals surface area (Å²) in [5.74, 6) is -160. The predicted octanol–water partition coefficient (Wildman–Crippen LogP) is 13.5. The van der Waals surface area contributed by atoms with E-state index in [4.69, 9.17) is 0 Å². The molecule has 0 aromatic rings. The van der Waals surface area contributed by atoms with Gasteiger partial charge in [-0.25, -0.2) is 0 Å². The molecule has 0 atom stereocenters. The predicted molar refractivity (Wildman–Crippen MR) is 105 cm³/mol. The van der Waals surface area contributed by atoms with Crippen molar-refractivity contribution in [1.82, 2.24) is 0 Å². The molecule has 61 heavy (non-hydrogen) atoms. The second kappa shape index (κ2) is 14.0. The van der Waals surface area contributed by atoms with E-state index < -0.39 is 125 Å². The number of allylic oxidation sites excluding steroid dienone is 2. The molecule has 0 nitrogen and oxygen atoms in total. The monoisotopic (exact) mass is 1010 g/mol. The molecule has 0 aromatic heterocycles. The van der Waals surface area contributed by atoms with E-state index in [1.54, 1.807) is 0 Å². The van der Waals surface area contributed by atoms with E-state index in [1.165, 1.54) is 0 Å². The van der Waals surface area contributed by atoms with Gasteiger partial charge < -0.3 is 0 Å². The van der Waals surface area contributed by atoms with Crippen molar-refractivity contribution in [2.24, 2.45) is 0 Å². The van der Waals surface area contributed by atoms with Crippen molar-refractivity contribution in [3.63, 3.8) is 0 Å². The third-order valence-corrected chi connectivity index (χ3v) is 7.18. The lowest BCUT2D eigenvalue weighted by Crippen LogP contribution is -2.77. The van der Waals surface area contributed by atoms with E-state index in [2.05, 4.69) is 0 Å². The number of hydrogen-bond acceptors (Lipinski definition) is 0. The minimum atomic E-state index is -10.1. The molecule has 0 heterocycles. The average molecular weight is 1010 g/mol. The second-order valence-electron chi connectivity index (χ2n) is 11.2. The Morgan fingerprint density at radius 1 is 0.131 bits per heavy atom. The lowest BCUT2D eigenvalue weighted by atomic mass is 9.85. The maximum atomic E-state index is 13.9. The van der Waals surface area contributed by atoms with Crippen LogP contribution in [0.4, 0.5) is 176 Å². The van der Waals surface area contributed by atoms with Crippen LogP contribution in [0.25, 0.3) is 0 Å². The van der Waals surface area contributed by atoms with Gasteiger partial charge in [-0.15, -0.1) is 0 Å². The molecule has 0 fully saturated rings. The Morgan fingerprint density at radius 2 is 0.230 bits per heavy atom. The first kappa shape index (κ1) is 57.9. The molecule has 0 saturated carbocycles. The molecule has 40 heteroatoms. The summed E-state index contributed by atoms with van der Waals surface area (Å²) in [7, 11) is 0. The van der Waals surface area contributed by atoms with Gasteiger partial charge in [0.2, 0.25) is 0 Å². The molecule has 0 aliphatic rings. The molecular formula is C21H2F40. The van der Waals surface area contributed by atoms with E-state index in [1.807, 2.05) is 0 Å². The quantitative estimate of drug-likeness (QED) is 0.101. The molecular weight excluding hydrogens is 1010 g/mol. The van der Waals surface area contributed by atoms with Crippen molar-refractivity contribution >= 4 is 0 Å². The number of alkyl halides is 40. The first-order valence-corrected chi connectivity index (χ1v) is 12.7. The summed E-state index contributed by atoms with van der Waals surface area (Å²) in [6, 6.07) is 0. The van der Waals surface area contributed by atoms with Gasteiger partial charge in [0.25, 0.3) is 0 Å². The van der Waals surface area contributed by atoms with Crippen molar-refractivity contribution < 1.29 is 176 Å². The van der Waals surface area contributed by atoms with Crippen molar-refractivity contribution in [3.8, 4) is 0 Å². The van der Waals surface area contributed by atoms with Crippen LogP contribution in [0.15, 0.2) is 12.2 Å². The second-order valence-corrected chi connectivity index (χ2v) is 11.2. The van der Waals surface area contributed by atoms with Gasteiger partial charge in [-0.05, 0) is 12.2 Å². The fourth-order valence-corrected chi connectivity index (χ4v) is 3.36. The van der Waals surface area contributed by atoms with Gasteiger partial charge in [0.1, 0.15) is 0 Å². The SMILES string of the molecule is FC(F)(F)C(F)(F)C(F)(F)C(F)(F)C(F)(F)C(F)(F)C(F)(F)C(F)(F)C=CC(F)(F)C(F)(F)C(F)(F)C(F)(F)C(F)(F)C(F)(F)C(F)(F)C(F)(F)C(F)(F)C(F)(F)C(F)(F)F. The number of rotatable bonds is 17. The van der Waals surface area contributed by atoms with Gasteiger partial charge in [0.15, 0.2) is 0 Å². The van der Waals surface area contributed by atoms with E-state index in [0.29, 0.717) is 0 Å². The normalized spacial score (nSPS) is 17.4. The largest absolute Gasteiger partial charge is 0.460 e. The van der Waals surface area contributed by atoms with E-state index in [-0.39, 0.29) is 0 Å². The Bertz CT molecular complexity index is 1610. The third kappa shape index (κ3) is 6.98. The molecule has 0 saturated heterocycles. The summed E-state index contributed by atoms with van der Waals surface area (Å²) < 4.78 is 532. The smallest absolute Gasteiger partial charge is 0.195 e. The summed E-state index contributed by atoms with van der Waals surface area (Å²) in [6.45, 7) is 0.